The van der Waals surface area contributed by atoms with Gasteiger partial charge in [-0.2, -0.15) is 0 Å². The lowest BCUT2D eigenvalue weighted by molar-refractivity contribution is 0.0631. The second-order valence-electron chi connectivity index (χ2n) is 7.77. The van der Waals surface area contributed by atoms with Gasteiger partial charge >= 0.3 is 0 Å². The van der Waals surface area contributed by atoms with E-state index in [-0.39, 0.29) is 11.3 Å². The normalized spacial score (nSPS) is 21.7. The summed E-state index contributed by atoms with van der Waals surface area (Å²) in [6.07, 6.45) is 9.17. The van der Waals surface area contributed by atoms with Crippen molar-refractivity contribution in [1.82, 2.24) is 19.8 Å². The number of carbonyl (C=O) groups excluding carboxylic acids is 1. The fraction of sp³-hybridized carbons (Fsp3) is 0.476. The molecule has 0 bridgehead atoms. The van der Waals surface area contributed by atoms with Crippen molar-refractivity contribution in [2.24, 2.45) is 0 Å². The standard InChI is InChI=1S/C21H26N4O/c1-24(2)19-7-8-21(17-6-4-3-5-16(17)19)9-13-25(14-10-21)20(26)18-15-22-11-12-23-18/h3-6,11-12,15,19H,7-10,13-14H2,1-2H3. The van der Waals surface area contributed by atoms with Crippen molar-refractivity contribution < 1.29 is 4.79 Å². The minimum atomic E-state index is 0.00297. The van der Waals surface area contributed by atoms with Crippen LogP contribution in [0.25, 0.3) is 0 Å². The van der Waals surface area contributed by atoms with Crippen molar-refractivity contribution in [3.63, 3.8) is 0 Å². The zero-order valence-corrected chi connectivity index (χ0v) is 15.6. The molecule has 1 aromatic carbocycles. The highest BCUT2D eigenvalue weighted by molar-refractivity contribution is 5.92. The molecule has 0 saturated carbocycles. The Morgan fingerprint density at radius 3 is 2.62 bits per heavy atom. The minimum absolute atomic E-state index is 0.00297. The largest absolute Gasteiger partial charge is 0.337 e. The van der Waals surface area contributed by atoms with Gasteiger partial charge in [0.05, 0.1) is 6.20 Å². The summed E-state index contributed by atoms with van der Waals surface area (Å²) in [6, 6.07) is 9.41. The smallest absolute Gasteiger partial charge is 0.274 e. The first-order valence-electron chi connectivity index (χ1n) is 9.42. The predicted octanol–water partition coefficient (Wildman–Crippen LogP) is 3.05. The maximum Gasteiger partial charge on any atom is 0.274 e. The number of fused-ring (bicyclic) bond motifs is 2. The number of rotatable bonds is 2. The first-order chi connectivity index (χ1) is 12.6. The topological polar surface area (TPSA) is 49.3 Å². The molecule has 0 radical (unpaired) electrons. The molecule has 2 heterocycles. The van der Waals surface area contributed by atoms with Crippen LogP contribution in [-0.4, -0.2) is 52.9 Å². The maximum atomic E-state index is 12.7. The van der Waals surface area contributed by atoms with Crippen LogP contribution < -0.4 is 0 Å². The van der Waals surface area contributed by atoms with Crippen molar-refractivity contribution in [2.75, 3.05) is 27.2 Å². The van der Waals surface area contributed by atoms with E-state index in [9.17, 15) is 4.79 Å². The summed E-state index contributed by atoms with van der Waals surface area (Å²) in [6.45, 7) is 1.58. The third kappa shape index (κ3) is 2.90. The molecule has 1 aromatic heterocycles. The van der Waals surface area contributed by atoms with Crippen LogP contribution in [0, 0.1) is 0 Å². The number of amides is 1. The molecule has 1 aliphatic carbocycles. The third-order valence-corrected chi connectivity index (χ3v) is 6.20. The van der Waals surface area contributed by atoms with Gasteiger partial charge in [-0.3, -0.25) is 9.78 Å². The first kappa shape index (κ1) is 17.2. The average Bonchev–Trinajstić information content (AvgIpc) is 2.69. The van der Waals surface area contributed by atoms with Gasteiger partial charge < -0.3 is 9.80 Å². The second kappa shape index (κ2) is 6.80. The number of aromatic nitrogens is 2. The molecule has 2 aliphatic rings. The molecule has 5 heteroatoms. The third-order valence-electron chi connectivity index (χ3n) is 6.20. The van der Waals surface area contributed by atoms with Gasteiger partial charge in [0, 0.05) is 31.5 Å². The summed E-state index contributed by atoms with van der Waals surface area (Å²) in [7, 11) is 4.34. The van der Waals surface area contributed by atoms with Gasteiger partial charge in [0.15, 0.2) is 0 Å². The van der Waals surface area contributed by atoms with Gasteiger partial charge in [-0.1, -0.05) is 24.3 Å². The Morgan fingerprint density at radius 2 is 1.92 bits per heavy atom. The van der Waals surface area contributed by atoms with Crippen LogP contribution in [0.5, 0.6) is 0 Å². The van der Waals surface area contributed by atoms with Crippen LogP contribution in [0.15, 0.2) is 42.9 Å². The molecular formula is C21H26N4O. The summed E-state index contributed by atoms with van der Waals surface area (Å²) in [5.74, 6) is 0.00297. The lowest BCUT2D eigenvalue weighted by atomic mass is 9.63. The number of nitrogens with zero attached hydrogens (tertiary/aromatic N) is 4. The molecule has 136 valence electrons. The van der Waals surface area contributed by atoms with Crippen LogP contribution >= 0.6 is 0 Å². The maximum absolute atomic E-state index is 12.7. The number of carbonyl (C=O) groups is 1. The molecule has 1 spiro atoms. The van der Waals surface area contributed by atoms with E-state index in [1.54, 1.807) is 18.6 Å². The van der Waals surface area contributed by atoms with E-state index in [4.69, 9.17) is 0 Å². The van der Waals surface area contributed by atoms with Crippen molar-refractivity contribution in [1.29, 1.82) is 0 Å². The lowest BCUT2D eigenvalue weighted by Gasteiger charge is -2.48. The van der Waals surface area contributed by atoms with Gasteiger partial charge in [-0.05, 0) is 56.3 Å². The highest BCUT2D eigenvalue weighted by atomic mass is 16.2. The fourth-order valence-corrected chi connectivity index (χ4v) is 4.74. The molecule has 5 nitrogen and oxygen atoms in total. The molecule has 1 amide bonds. The molecule has 26 heavy (non-hydrogen) atoms. The number of piperidine rings is 1. The molecule has 1 atom stereocenters. The Hall–Kier alpha value is -2.27. The van der Waals surface area contributed by atoms with Crippen LogP contribution in [0.2, 0.25) is 0 Å². The SMILES string of the molecule is CN(C)C1CCC2(CCN(C(=O)c3cnccn3)CC2)c2ccccc21. The number of likely N-dealkylation sites (tertiary alicyclic amines) is 1. The van der Waals surface area contributed by atoms with Gasteiger partial charge in [0.2, 0.25) is 0 Å². The minimum Gasteiger partial charge on any atom is -0.337 e. The Morgan fingerprint density at radius 1 is 1.15 bits per heavy atom. The Kier molecular flexibility index (Phi) is 4.49. The summed E-state index contributed by atoms with van der Waals surface area (Å²) in [5.41, 5.74) is 3.62. The Balaban J connectivity index is 1.55. The molecule has 0 N–H and O–H groups in total. The molecule has 1 aliphatic heterocycles. The van der Waals surface area contributed by atoms with Gasteiger partial charge in [-0.25, -0.2) is 4.98 Å². The van der Waals surface area contributed by atoms with Gasteiger partial charge in [0.1, 0.15) is 5.69 Å². The van der Waals surface area contributed by atoms with Crippen LogP contribution in [0.1, 0.15) is 53.3 Å². The quantitative estimate of drug-likeness (QED) is 0.835. The summed E-state index contributed by atoms with van der Waals surface area (Å²) < 4.78 is 0. The zero-order chi connectivity index (χ0) is 18.1. The molecular weight excluding hydrogens is 324 g/mol. The Bertz CT molecular complexity index is 782. The average molecular weight is 350 g/mol. The summed E-state index contributed by atoms with van der Waals surface area (Å²) >= 11 is 0. The lowest BCUT2D eigenvalue weighted by Crippen LogP contribution is -2.47. The highest BCUT2D eigenvalue weighted by Gasteiger charge is 2.43. The molecule has 1 saturated heterocycles. The van der Waals surface area contributed by atoms with E-state index < -0.39 is 0 Å². The van der Waals surface area contributed by atoms with E-state index in [2.05, 4.69) is 53.2 Å². The fourth-order valence-electron chi connectivity index (χ4n) is 4.74. The van der Waals surface area contributed by atoms with Crippen molar-refractivity contribution in [3.05, 3.63) is 59.7 Å². The van der Waals surface area contributed by atoms with E-state index in [1.807, 2.05) is 4.90 Å². The molecule has 1 fully saturated rings. The van der Waals surface area contributed by atoms with Crippen molar-refractivity contribution in [2.45, 2.75) is 37.1 Å². The van der Waals surface area contributed by atoms with Crippen LogP contribution in [0.3, 0.4) is 0 Å². The van der Waals surface area contributed by atoms with E-state index in [0.29, 0.717) is 11.7 Å². The van der Waals surface area contributed by atoms with Crippen LogP contribution in [-0.2, 0) is 5.41 Å². The highest BCUT2D eigenvalue weighted by Crippen LogP contribution is 2.49. The summed E-state index contributed by atoms with van der Waals surface area (Å²) in [5, 5.41) is 0. The van der Waals surface area contributed by atoms with E-state index in [1.165, 1.54) is 24.0 Å². The second-order valence-corrected chi connectivity index (χ2v) is 7.77. The molecule has 2 aromatic rings. The van der Waals surface area contributed by atoms with Gasteiger partial charge in [0.25, 0.3) is 5.91 Å². The molecule has 4 rings (SSSR count). The Labute approximate surface area is 155 Å². The number of hydrogen-bond acceptors (Lipinski definition) is 4. The van der Waals surface area contributed by atoms with Crippen molar-refractivity contribution in [3.8, 4) is 0 Å². The first-order valence-corrected chi connectivity index (χ1v) is 9.42. The summed E-state index contributed by atoms with van der Waals surface area (Å²) in [4.78, 5) is 25.1. The monoisotopic (exact) mass is 350 g/mol. The molecule has 1 unspecified atom stereocenters. The number of benzene rings is 1. The van der Waals surface area contributed by atoms with E-state index in [0.717, 1.165) is 25.9 Å². The van der Waals surface area contributed by atoms with Crippen molar-refractivity contribution >= 4 is 5.91 Å². The van der Waals surface area contributed by atoms with Crippen LogP contribution in [0.4, 0.5) is 0 Å². The number of hydrogen-bond donors (Lipinski definition) is 0. The zero-order valence-electron chi connectivity index (χ0n) is 15.6. The van der Waals surface area contributed by atoms with E-state index >= 15 is 0 Å². The van der Waals surface area contributed by atoms with Gasteiger partial charge in [-0.15, -0.1) is 0 Å². The predicted molar refractivity (Wildman–Crippen MR) is 101 cm³/mol.